The van der Waals surface area contributed by atoms with E-state index in [1.807, 2.05) is 35.9 Å². The molecule has 0 spiro atoms. The first-order valence-electron chi connectivity index (χ1n) is 7.29. The number of halogens is 2. The molecular formula is C17H15Cl2N3O2. The zero-order valence-electron chi connectivity index (χ0n) is 13.1. The van der Waals surface area contributed by atoms with Crippen LogP contribution in [-0.4, -0.2) is 21.6 Å². The lowest BCUT2D eigenvalue weighted by molar-refractivity contribution is -0.122. The SMILES string of the molecule is CC(Oc1ccc(Cl)cc1Cl)C(=O)Nc1nc2ccccc2n1C. The van der Waals surface area contributed by atoms with Gasteiger partial charge in [-0.15, -0.1) is 0 Å². The van der Waals surface area contributed by atoms with Crippen molar-refractivity contribution < 1.29 is 9.53 Å². The van der Waals surface area contributed by atoms with Gasteiger partial charge in [0.25, 0.3) is 5.91 Å². The van der Waals surface area contributed by atoms with Crippen molar-refractivity contribution in [2.45, 2.75) is 13.0 Å². The number of hydrogen-bond donors (Lipinski definition) is 1. The van der Waals surface area contributed by atoms with Crippen LogP contribution in [0.4, 0.5) is 5.95 Å². The Bertz CT molecular complexity index is 908. The fraction of sp³-hybridized carbons (Fsp3) is 0.176. The molecule has 0 saturated carbocycles. The van der Waals surface area contributed by atoms with Crippen molar-refractivity contribution in [2.24, 2.45) is 7.05 Å². The van der Waals surface area contributed by atoms with Crippen molar-refractivity contribution in [3.63, 3.8) is 0 Å². The second-order valence-electron chi connectivity index (χ2n) is 5.31. The van der Waals surface area contributed by atoms with Gasteiger partial charge in [-0.25, -0.2) is 4.98 Å². The monoisotopic (exact) mass is 363 g/mol. The molecule has 1 amide bonds. The van der Waals surface area contributed by atoms with Crippen LogP contribution in [0.3, 0.4) is 0 Å². The molecule has 1 aromatic heterocycles. The van der Waals surface area contributed by atoms with Crippen molar-refractivity contribution in [3.8, 4) is 5.75 Å². The average molecular weight is 364 g/mol. The molecule has 3 aromatic rings. The van der Waals surface area contributed by atoms with Crippen LogP contribution in [0.2, 0.25) is 10.0 Å². The quantitative estimate of drug-likeness (QED) is 0.752. The summed E-state index contributed by atoms with van der Waals surface area (Å²) in [5.41, 5.74) is 1.74. The van der Waals surface area contributed by atoms with Gasteiger partial charge in [0, 0.05) is 12.1 Å². The first-order chi connectivity index (χ1) is 11.5. The molecule has 1 N–H and O–H groups in total. The van der Waals surface area contributed by atoms with Crippen LogP contribution in [0, 0.1) is 0 Å². The third kappa shape index (κ3) is 3.32. The molecule has 7 heteroatoms. The number of fused-ring (bicyclic) bond motifs is 1. The van der Waals surface area contributed by atoms with E-state index in [2.05, 4.69) is 10.3 Å². The highest BCUT2D eigenvalue weighted by molar-refractivity contribution is 6.35. The molecule has 0 bridgehead atoms. The topological polar surface area (TPSA) is 56.1 Å². The number of imidazole rings is 1. The van der Waals surface area contributed by atoms with Crippen LogP contribution in [0.25, 0.3) is 11.0 Å². The fourth-order valence-electron chi connectivity index (χ4n) is 2.28. The molecule has 0 saturated heterocycles. The molecule has 2 aromatic carbocycles. The van der Waals surface area contributed by atoms with Crippen LogP contribution in [0.1, 0.15) is 6.92 Å². The predicted molar refractivity (Wildman–Crippen MR) is 95.9 cm³/mol. The number of amides is 1. The minimum atomic E-state index is -0.747. The van der Waals surface area contributed by atoms with Gasteiger partial charge >= 0.3 is 0 Å². The van der Waals surface area contributed by atoms with Crippen LogP contribution in [0.5, 0.6) is 5.75 Å². The number of ether oxygens (including phenoxy) is 1. The molecule has 1 unspecified atom stereocenters. The Morgan fingerprint density at radius 1 is 1.25 bits per heavy atom. The molecule has 5 nitrogen and oxygen atoms in total. The molecular weight excluding hydrogens is 349 g/mol. The van der Waals surface area contributed by atoms with Crippen LogP contribution >= 0.6 is 23.2 Å². The van der Waals surface area contributed by atoms with E-state index in [1.54, 1.807) is 25.1 Å². The maximum Gasteiger partial charge on any atom is 0.267 e. The summed E-state index contributed by atoms with van der Waals surface area (Å²) in [5.74, 6) is 0.534. The maximum atomic E-state index is 12.4. The number of nitrogens with one attached hydrogen (secondary N) is 1. The number of anilines is 1. The number of para-hydroxylation sites is 2. The summed E-state index contributed by atoms with van der Waals surface area (Å²) in [4.78, 5) is 16.8. The lowest BCUT2D eigenvalue weighted by Crippen LogP contribution is -2.31. The van der Waals surface area contributed by atoms with E-state index >= 15 is 0 Å². The number of hydrogen-bond acceptors (Lipinski definition) is 3. The third-order valence-corrected chi connectivity index (χ3v) is 4.12. The van der Waals surface area contributed by atoms with Crippen LogP contribution in [-0.2, 0) is 11.8 Å². The number of benzene rings is 2. The molecule has 124 valence electrons. The fourth-order valence-corrected chi connectivity index (χ4v) is 2.74. The van der Waals surface area contributed by atoms with Gasteiger partial charge in [0.2, 0.25) is 5.95 Å². The number of aromatic nitrogens is 2. The smallest absolute Gasteiger partial charge is 0.267 e. The molecule has 3 rings (SSSR count). The van der Waals surface area contributed by atoms with Crippen molar-refractivity contribution >= 4 is 46.1 Å². The highest BCUT2D eigenvalue weighted by Crippen LogP contribution is 2.28. The minimum absolute atomic E-state index is 0.320. The Morgan fingerprint density at radius 3 is 2.71 bits per heavy atom. The van der Waals surface area contributed by atoms with E-state index < -0.39 is 6.10 Å². The summed E-state index contributed by atoms with van der Waals surface area (Å²) in [6.45, 7) is 1.64. The highest BCUT2D eigenvalue weighted by atomic mass is 35.5. The van der Waals surface area contributed by atoms with Crippen molar-refractivity contribution in [2.75, 3.05) is 5.32 Å². The predicted octanol–water partition coefficient (Wildman–Crippen LogP) is 4.29. The minimum Gasteiger partial charge on any atom is -0.479 e. The Balaban J connectivity index is 1.74. The summed E-state index contributed by atoms with van der Waals surface area (Å²) in [6, 6.07) is 12.5. The number of carbonyl (C=O) groups excluding carboxylic acids is 1. The zero-order chi connectivity index (χ0) is 17.3. The average Bonchev–Trinajstić information content (AvgIpc) is 2.86. The van der Waals surface area contributed by atoms with Gasteiger partial charge in [-0.3, -0.25) is 10.1 Å². The second kappa shape index (κ2) is 6.71. The number of carbonyl (C=O) groups is 1. The van der Waals surface area contributed by atoms with Gasteiger partial charge in [-0.05, 0) is 37.3 Å². The summed E-state index contributed by atoms with van der Waals surface area (Å²) in [6.07, 6.45) is -0.747. The van der Waals surface area contributed by atoms with Crippen molar-refractivity contribution in [3.05, 3.63) is 52.5 Å². The van der Waals surface area contributed by atoms with Crippen molar-refractivity contribution in [1.29, 1.82) is 0 Å². The lowest BCUT2D eigenvalue weighted by Gasteiger charge is -2.15. The molecule has 1 atom stereocenters. The van der Waals surface area contributed by atoms with Crippen LogP contribution < -0.4 is 10.1 Å². The Morgan fingerprint density at radius 2 is 2.00 bits per heavy atom. The van der Waals surface area contributed by atoms with Gasteiger partial charge in [-0.1, -0.05) is 35.3 Å². The van der Waals surface area contributed by atoms with E-state index in [-0.39, 0.29) is 5.91 Å². The first-order valence-corrected chi connectivity index (χ1v) is 8.05. The van der Waals surface area contributed by atoms with E-state index in [0.717, 1.165) is 11.0 Å². The molecule has 1 heterocycles. The molecule has 0 aliphatic carbocycles. The van der Waals surface area contributed by atoms with Gasteiger partial charge in [0.1, 0.15) is 5.75 Å². The summed E-state index contributed by atoms with van der Waals surface area (Å²) >= 11 is 11.9. The lowest BCUT2D eigenvalue weighted by atomic mass is 10.3. The van der Waals surface area contributed by atoms with Gasteiger partial charge < -0.3 is 9.30 Å². The number of aryl methyl sites for hydroxylation is 1. The zero-order valence-corrected chi connectivity index (χ0v) is 14.6. The first kappa shape index (κ1) is 16.6. The number of rotatable bonds is 4. The highest BCUT2D eigenvalue weighted by Gasteiger charge is 2.19. The summed E-state index contributed by atoms with van der Waals surface area (Å²) in [5, 5.41) is 3.62. The van der Waals surface area contributed by atoms with Gasteiger partial charge in [0.05, 0.1) is 16.1 Å². The van der Waals surface area contributed by atoms with Crippen LogP contribution in [0.15, 0.2) is 42.5 Å². The summed E-state index contributed by atoms with van der Waals surface area (Å²) < 4.78 is 7.42. The van der Waals surface area contributed by atoms with E-state index in [9.17, 15) is 4.79 Å². The van der Waals surface area contributed by atoms with Gasteiger partial charge in [-0.2, -0.15) is 0 Å². The Labute approximate surface area is 149 Å². The maximum absolute atomic E-state index is 12.4. The molecule has 0 fully saturated rings. The molecule has 0 aliphatic heterocycles. The van der Waals surface area contributed by atoms with E-state index in [0.29, 0.717) is 21.7 Å². The summed E-state index contributed by atoms with van der Waals surface area (Å²) in [7, 11) is 1.84. The third-order valence-electron chi connectivity index (χ3n) is 3.59. The van der Waals surface area contributed by atoms with E-state index in [1.165, 1.54) is 0 Å². The largest absolute Gasteiger partial charge is 0.479 e. The Kier molecular flexibility index (Phi) is 4.64. The standard InChI is InChI=1S/C17H15Cl2N3O2/c1-10(24-15-8-7-11(18)9-12(15)19)16(23)21-17-20-13-5-3-4-6-14(13)22(17)2/h3-10H,1-2H3,(H,20,21,23). The van der Waals surface area contributed by atoms with Crippen molar-refractivity contribution in [1.82, 2.24) is 9.55 Å². The second-order valence-corrected chi connectivity index (χ2v) is 6.15. The molecule has 0 aliphatic rings. The molecule has 24 heavy (non-hydrogen) atoms. The normalized spacial score (nSPS) is 12.2. The van der Waals surface area contributed by atoms with E-state index in [4.69, 9.17) is 27.9 Å². The van der Waals surface area contributed by atoms with Gasteiger partial charge in [0.15, 0.2) is 6.10 Å². The Hall–Kier alpha value is -2.24. The number of nitrogens with zero attached hydrogens (tertiary/aromatic N) is 2. The molecule has 0 radical (unpaired) electrons.